The maximum Gasteiger partial charge on any atom is 0.251 e. The summed E-state index contributed by atoms with van der Waals surface area (Å²) < 4.78 is 10.9. The molecule has 0 unspecified atom stereocenters. The Morgan fingerprint density at radius 3 is 3.10 bits per heavy atom. The molecule has 20 heavy (non-hydrogen) atoms. The molecule has 0 fully saturated rings. The molecule has 2 aromatic heterocycles. The highest BCUT2D eigenvalue weighted by Gasteiger charge is 2.22. The van der Waals surface area contributed by atoms with Gasteiger partial charge in [0.05, 0.1) is 12.7 Å². The Morgan fingerprint density at radius 2 is 2.30 bits per heavy atom. The van der Waals surface area contributed by atoms with Crippen molar-refractivity contribution >= 4 is 17.7 Å². The van der Waals surface area contributed by atoms with E-state index in [-0.39, 0.29) is 5.91 Å². The molecule has 0 spiro atoms. The van der Waals surface area contributed by atoms with E-state index in [0.717, 1.165) is 5.76 Å². The van der Waals surface area contributed by atoms with E-state index in [4.69, 9.17) is 9.15 Å². The van der Waals surface area contributed by atoms with E-state index >= 15 is 0 Å². The fraction of sp³-hybridized carbons (Fsp3) is 0.200. The second-order valence-electron chi connectivity index (χ2n) is 4.46. The summed E-state index contributed by atoms with van der Waals surface area (Å²) in [5.74, 6) is 2.05. The molecule has 5 nitrogen and oxygen atoms in total. The number of carbonyl (C=O) groups is 1. The summed E-state index contributed by atoms with van der Waals surface area (Å²) in [5, 5.41) is 0. The third-order valence-corrected chi connectivity index (χ3v) is 3.04. The Bertz CT molecular complexity index is 661. The average molecular weight is 270 g/mol. The molecule has 0 saturated carbocycles. The van der Waals surface area contributed by atoms with Crippen molar-refractivity contribution in [2.24, 2.45) is 0 Å². The third kappa shape index (κ3) is 2.42. The van der Waals surface area contributed by atoms with Gasteiger partial charge in [-0.15, -0.1) is 0 Å². The predicted molar refractivity (Wildman–Crippen MR) is 74.6 cm³/mol. The predicted octanol–water partition coefficient (Wildman–Crippen LogP) is 2.42. The van der Waals surface area contributed by atoms with E-state index in [9.17, 15) is 4.79 Å². The van der Waals surface area contributed by atoms with Gasteiger partial charge in [0.2, 0.25) is 0 Å². The standard InChI is InChI=1S/C15H14N2O3/c1-11-2-3-12(20-11)4-5-15(18)17-8-9-19-14-6-7-16-10-13(14)17/h2-7,10H,8-9H2,1H3. The van der Waals surface area contributed by atoms with Crippen molar-refractivity contribution in [3.05, 3.63) is 48.2 Å². The molecule has 1 aliphatic heterocycles. The fourth-order valence-corrected chi connectivity index (χ4v) is 2.08. The van der Waals surface area contributed by atoms with Gasteiger partial charge in [-0.25, -0.2) is 0 Å². The molecule has 1 aliphatic rings. The molecule has 0 aromatic carbocycles. The van der Waals surface area contributed by atoms with E-state index in [0.29, 0.717) is 30.3 Å². The third-order valence-electron chi connectivity index (χ3n) is 3.04. The Hall–Kier alpha value is -2.56. The first kappa shape index (κ1) is 12.5. The van der Waals surface area contributed by atoms with Crippen LogP contribution in [0.25, 0.3) is 6.08 Å². The second-order valence-corrected chi connectivity index (χ2v) is 4.46. The lowest BCUT2D eigenvalue weighted by Crippen LogP contribution is -2.36. The van der Waals surface area contributed by atoms with Gasteiger partial charge in [-0.05, 0) is 25.1 Å². The van der Waals surface area contributed by atoms with Crippen LogP contribution in [0, 0.1) is 6.92 Å². The van der Waals surface area contributed by atoms with Crippen molar-refractivity contribution < 1.29 is 13.9 Å². The monoisotopic (exact) mass is 270 g/mol. The lowest BCUT2D eigenvalue weighted by atomic mass is 10.2. The zero-order valence-corrected chi connectivity index (χ0v) is 11.1. The quantitative estimate of drug-likeness (QED) is 0.786. The highest BCUT2D eigenvalue weighted by atomic mass is 16.5. The van der Waals surface area contributed by atoms with Crippen LogP contribution in [-0.2, 0) is 4.79 Å². The maximum atomic E-state index is 12.3. The SMILES string of the molecule is Cc1ccc(C=CC(=O)N2CCOc3ccncc32)o1. The molecular formula is C15H14N2O3. The molecule has 3 heterocycles. The van der Waals surface area contributed by atoms with Crippen LogP contribution in [0.5, 0.6) is 5.75 Å². The molecule has 0 bridgehead atoms. The van der Waals surface area contributed by atoms with Gasteiger partial charge in [-0.1, -0.05) is 0 Å². The summed E-state index contributed by atoms with van der Waals surface area (Å²) in [6.07, 6.45) is 6.45. The van der Waals surface area contributed by atoms with Gasteiger partial charge in [0.1, 0.15) is 29.6 Å². The number of ether oxygens (including phenoxy) is 1. The zero-order chi connectivity index (χ0) is 13.9. The van der Waals surface area contributed by atoms with E-state index in [1.165, 1.54) is 6.08 Å². The maximum absolute atomic E-state index is 12.3. The summed E-state index contributed by atoms with van der Waals surface area (Å²) >= 11 is 0. The molecule has 1 amide bonds. The minimum absolute atomic E-state index is 0.114. The molecule has 2 aromatic rings. The van der Waals surface area contributed by atoms with Crippen molar-refractivity contribution in [2.75, 3.05) is 18.1 Å². The number of nitrogens with zero attached hydrogens (tertiary/aromatic N) is 2. The number of pyridine rings is 1. The zero-order valence-electron chi connectivity index (χ0n) is 11.1. The number of rotatable bonds is 2. The molecule has 102 valence electrons. The average Bonchev–Trinajstić information content (AvgIpc) is 2.90. The van der Waals surface area contributed by atoms with Crippen LogP contribution < -0.4 is 9.64 Å². The van der Waals surface area contributed by atoms with Gasteiger partial charge in [0.15, 0.2) is 0 Å². The number of fused-ring (bicyclic) bond motifs is 1. The number of hydrogen-bond acceptors (Lipinski definition) is 4. The number of amides is 1. The van der Waals surface area contributed by atoms with Crippen LogP contribution in [0.1, 0.15) is 11.5 Å². The fourth-order valence-electron chi connectivity index (χ4n) is 2.08. The number of anilines is 1. The Labute approximate surface area is 116 Å². The highest BCUT2D eigenvalue weighted by Crippen LogP contribution is 2.30. The number of aryl methyl sites for hydroxylation is 1. The topological polar surface area (TPSA) is 55.6 Å². The lowest BCUT2D eigenvalue weighted by Gasteiger charge is -2.27. The lowest BCUT2D eigenvalue weighted by molar-refractivity contribution is -0.114. The minimum atomic E-state index is -0.114. The van der Waals surface area contributed by atoms with Gasteiger partial charge in [0, 0.05) is 18.3 Å². The smallest absolute Gasteiger partial charge is 0.251 e. The van der Waals surface area contributed by atoms with Crippen LogP contribution in [0.3, 0.4) is 0 Å². The molecular weight excluding hydrogens is 256 g/mol. The second kappa shape index (κ2) is 5.21. The molecule has 0 aliphatic carbocycles. The Morgan fingerprint density at radius 1 is 1.40 bits per heavy atom. The first-order chi connectivity index (χ1) is 9.74. The van der Waals surface area contributed by atoms with Gasteiger partial charge in [-0.2, -0.15) is 0 Å². The molecule has 3 rings (SSSR count). The van der Waals surface area contributed by atoms with Crippen molar-refractivity contribution in [1.29, 1.82) is 0 Å². The summed E-state index contributed by atoms with van der Waals surface area (Å²) in [5.41, 5.74) is 0.698. The van der Waals surface area contributed by atoms with Crippen molar-refractivity contribution in [2.45, 2.75) is 6.92 Å². The summed E-state index contributed by atoms with van der Waals surface area (Å²) in [6, 6.07) is 5.44. The number of aromatic nitrogens is 1. The van der Waals surface area contributed by atoms with Gasteiger partial charge < -0.3 is 14.1 Å². The van der Waals surface area contributed by atoms with Gasteiger partial charge >= 0.3 is 0 Å². The van der Waals surface area contributed by atoms with Gasteiger partial charge in [0.25, 0.3) is 5.91 Å². The van der Waals surface area contributed by atoms with E-state index in [1.54, 1.807) is 29.4 Å². The molecule has 0 atom stereocenters. The molecule has 5 heteroatoms. The number of furan rings is 1. The molecule has 0 radical (unpaired) electrons. The van der Waals surface area contributed by atoms with E-state index in [2.05, 4.69) is 4.98 Å². The van der Waals surface area contributed by atoms with Crippen LogP contribution in [0.2, 0.25) is 0 Å². The minimum Gasteiger partial charge on any atom is -0.489 e. The van der Waals surface area contributed by atoms with Crippen LogP contribution in [0.15, 0.2) is 41.1 Å². The van der Waals surface area contributed by atoms with Crippen molar-refractivity contribution in [3.63, 3.8) is 0 Å². The largest absolute Gasteiger partial charge is 0.489 e. The summed E-state index contributed by atoms with van der Waals surface area (Å²) in [7, 11) is 0. The first-order valence-electron chi connectivity index (χ1n) is 6.37. The Balaban J connectivity index is 1.80. The number of carbonyl (C=O) groups excluding carboxylic acids is 1. The normalized spacial score (nSPS) is 14.2. The Kier molecular flexibility index (Phi) is 3.25. The van der Waals surface area contributed by atoms with Gasteiger partial charge in [-0.3, -0.25) is 9.78 Å². The number of hydrogen-bond donors (Lipinski definition) is 0. The van der Waals surface area contributed by atoms with E-state index < -0.39 is 0 Å². The molecule has 0 saturated heterocycles. The first-order valence-corrected chi connectivity index (χ1v) is 6.37. The molecule has 0 N–H and O–H groups in total. The van der Waals surface area contributed by atoms with Crippen LogP contribution >= 0.6 is 0 Å². The summed E-state index contributed by atoms with van der Waals surface area (Å²) in [6.45, 7) is 2.86. The van der Waals surface area contributed by atoms with Crippen molar-refractivity contribution in [3.8, 4) is 5.75 Å². The van der Waals surface area contributed by atoms with E-state index in [1.807, 2.05) is 19.1 Å². The summed E-state index contributed by atoms with van der Waals surface area (Å²) in [4.78, 5) is 17.9. The van der Waals surface area contributed by atoms with Crippen molar-refractivity contribution in [1.82, 2.24) is 4.98 Å². The van der Waals surface area contributed by atoms with Crippen LogP contribution in [-0.4, -0.2) is 24.0 Å². The highest BCUT2D eigenvalue weighted by molar-refractivity contribution is 6.04. The van der Waals surface area contributed by atoms with Crippen LogP contribution in [0.4, 0.5) is 5.69 Å².